The van der Waals surface area contributed by atoms with E-state index in [1.165, 1.54) is 0 Å². The van der Waals surface area contributed by atoms with Gasteiger partial charge in [0.15, 0.2) is 0 Å². The monoisotopic (exact) mass is 505 g/mol. The van der Waals surface area contributed by atoms with Crippen molar-refractivity contribution in [3.63, 3.8) is 0 Å². The standard InChI is InChI=1S/C32H31N3O3/c33-21-32(27-12-5-2-6-13-27)17-18-35(22-32)31(38)25-15-16-28-26(20-25)19-24(11-7-8-14-29(36)37)30(34-28)23-9-3-1-4-10-23/h1,3-5,9-10,12-13,15-16,19-20H,2,6-8,11,14,17-18,22H2,(H,36,37). The van der Waals surface area contributed by atoms with Crippen LogP contribution in [0.3, 0.4) is 0 Å². The van der Waals surface area contributed by atoms with Crippen molar-refractivity contribution in [2.24, 2.45) is 5.41 Å². The highest BCUT2D eigenvalue weighted by atomic mass is 16.4. The summed E-state index contributed by atoms with van der Waals surface area (Å²) in [6.07, 6.45) is 11.1. The maximum absolute atomic E-state index is 13.5. The van der Waals surface area contributed by atoms with E-state index in [4.69, 9.17) is 10.1 Å². The maximum atomic E-state index is 13.5. The Bertz CT molecular complexity index is 1470. The van der Waals surface area contributed by atoms with Crippen molar-refractivity contribution in [2.45, 2.75) is 44.9 Å². The normalized spacial score (nSPS) is 18.8. The van der Waals surface area contributed by atoms with Crippen molar-refractivity contribution in [3.05, 3.63) is 89.5 Å². The molecule has 1 atom stereocenters. The zero-order valence-electron chi connectivity index (χ0n) is 21.4. The molecular formula is C32H31N3O3. The number of fused-ring (bicyclic) bond motifs is 1. The van der Waals surface area contributed by atoms with E-state index in [1.54, 1.807) is 4.90 Å². The van der Waals surface area contributed by atoms with Gasteiger partial charge >= 0.3 is 5.97 Å². The lowest BCUT2D eigenvalue weighted by molar-refractivity contribution is -0.137. The molecule has 6 heteroatoms. The van der Waals surface area contributed by atoms with Gasteiger partial charge in [0, 0.05) is 36.0 Å². The first-order valence-electron chi connectivity index (χ1n) is 13.3. The largest absolute Gasteiger partial charge is 0.481 e. The molecule has 6 nitrogen and oxygen atoms in total. The first kappa shape index (κ1) is 25.4. The number of carbonyl (C=O) groups excluding carboxylic acids is 1. The first-order valence-corrected chi connectivity index (χ1v) is 13.3. The summed E-state index contributed by atoms with van der Waals surface area (Å²) in [5.74, 6) is -0.856. The topological polar surface area (TPSA) is 94.3 Å². The minimum absolute atomic E-state index is 0.0699. The van der Waals surface area contributed by atoms with Gasteiger partial charge in [-0.15, -0.1) is 0 Å². The summed E-state index contributed by atoms with van der Waals surface area (Å²) in [7, 11) is 0. The van der Waals surface area contributed by atoms with E-state index in [1.807, 2.05) is 54.6 Å². The molecule has 2 heterocycles. The molecule has 0 radical (unpaired) electrons. The molecule has 0 bridgehead atoms. The second kappa shape index (κ2) is 11.0. The number of amides is 1. The van der Waals surface area contributed by atoms with Gasteiger partial charge < -0.3 is 10.0 Å². The summed E-state index contributed by atoms with van der Waals surface area (Å²) in [6.45, 7) is 0.951. The Morgan fingerprint density at radius 2 is 1.92 bits per heavy atom. The number of hydrogen-bond acceptors (Lipinski definition) is 4. The smallest absolute Gasteiger partial charge is 0.303 e. The van der Waals surface area contributed by atoms with Crippen LogP contribution in [0.25, 0.3) is 22.2 Å². The molecule has 3 aromatic rings. The van der Waals surface area contributed by atoms with Crippen molar-refractivity contribution in [1.82, 2.24) is 9.88 Å². The molecule has 1 aliphatic heterocycles. The van der Waals surface area contributed by atoms with E-state index in [2.05, 4.69) is 24.3 Å². The van der Waals surface area contributed by atoms with Crippen LogP contribution in [0.5, 0.6) is 0 Å². The van der Waals surface area contributed by atoms with Crippen molar-refractivity contribution >= 4 is 22.8 Å². The van der Waals surface area contributed by atoms with Crippen LogP contribution < -0.4 is 0 Å². The average Bonchev–Trinajstić information content (AvgIpc) is 3.41. The SMILES string of the molecule is N#CC1(C2=CCCC=C2)CCN(C(=O)c2ccc3nc(-c4ccccc4)c(CCCCC(=O)O)cc3c2)C1. The zero-order valence-corrected chi connectivity index (χ0v) is 21.4. The van der Waals surface area contributed by atoms with E-state index in [9.17, 15) is 14.9 Å². The quantitative estimate of drug-likeness (QED) is 0.361. The summed E-state index contributed by atoms with van der Waals surface area (Å²) >= 11 is 0. The fraction of sp³-hybridized carbons (Fsp3) is 0.312. The van der Waals surface area contributed by atoms with Crippen LogP contribution in [0.1, 0.15) is 54.4 Å². The van der Waals surface area contributed by atoms with Gasteiger partial charge in [-0.1, -0.05) is 48.6 Å². The molecule has 1 N–H and O–H groups in total. The highest BCUT2D eigenvalue weighted by molar-refractivity contribution is 5.98. The number of nitriles is 1. The Morgan fingerprint density at radius 1 is 1.08 bits per heavy atom. The summed E-state index contributed by atoms with van der Waals surface area (Å²) in [4.78, 5) is 31.2. The molecular weight excluding hydrogens is 474 g/mol. The van der Waals surface area contributed by atoms with Crippen LogP contribution in [-0.4, -0.2) is 40.0 Å². The van der Waals surface area contributed by atoms with Gasteiger partial charge in [-0.2, -0.15) is 5.26 Å². The number of allylic oxidation sites excluding steroid dienone is 3. The highest BCUT2D eigenvalue weighted by Gasteiger charge is 2.42. The summed E-state index contributed by atoms with van der Waals surface area (Å²) < 4.78 is 0. The molecule has 1 saturated heterocycles. The van der Waals surface area contributed by atoms with Crippen LogP contribution in [0, 0.1) is 16.7 Å². The van der Waals surface area contributed by atoms with Crippen LogP contribution in [0.4, 0.5) is 0 Å². The third-order valence-electron chi connectivity index (χ3n) is 7.59. The summed E-state index contributed by atoms with van der Waals surface area (Å²) in [5, 5.41) is 19.9. The number of carbonyl (C=O) groups is 2. The van der Waals surface area contributed by atoms with Crippen molar-refractivity contribution in [1.29, 1.82) is 5.26 Å². The first-order chi connectivity index (χ1) is 18.5. The molecule has 0 spiro atoms. The van der Waals surface area contributed by atoms with Gasteiger partial charge in [-0.3, -0.25) is 9.59 Å². The number of aryl methyl sites for hydroxylation is 1. The molecule has 2 aromatic carbocycles. The fourth-order valence-electron chi connectivity index (χ4n) is 5.51. The lowest BCUT2D eigenvalue weighted by atomic mass is 9.78. The van der Waals surface area contributed by atoms with Gasteiger partial charge in [0.25, 0.3) is 5.91 Å². The minimum atomic E-state index is -0.786. The van der Waals surface area contributed by atoms with E-state index in [-0.39, 0.29) is 12.3 Å². The number of pyridine rings is 1. The number of aromatic nitrogens is 1. The molecule has 192 valence electrons. The Hall–Kier alpha value is -4.24. The number of aliphatic carboxylic acids is 1. The Balaban J connectivity index is 1.42. The Labute approximate surface area is 222 Å². The highest BCUT2D eigenvalue weighted by Crippen LogP contribution is 2.40. The molecule has 5 rings (SSSR count). The number of likely N-dealkylation sites (tertiary alicyclic amines) is 1. The minimum Gasteiger partial charge on any atom is -0.481 e. The van der Waals surface area contributed by atoms with Crippen LogP contribution in [0.15, 0.2) is 78.4 Å². The number of carboxylic acid groups (broad SMARTS) is 1. The van der Waals surface area contributed by atoms with E-state index in [0.717, 1.165) is 52.6 Å². The number of rotatable bonds is 8. The van der Waals surface area contributed by atoms with E-state index < -0.39 is 11.4 Å². The number of hydrogen-bond donors (Lipinski definition) is 1. The van der Waals surface area contributed by atoms with Gasteiger partial charge in [-0.25, -0.2) is 4.98 Å². The summed E-state index contributed by atoms with van der Waals surface area (Å²) in [5.41, 5.74) is 4.73. The van der Waals surface area contributed by atoms with Gasteiger partial charge in [0.1, 0.15) is 5.41 Å². The lowest BCUT2D eigenvalue weighted by Crippen LogP contribution is -2.32. The molecule has 1 aromatic heterocycles. The number of unbranched alkanes of at least 4 members (excludes halogenated alkanes) is 1. The van der Waals surface area contributed by atoms with Crippen LogP contribution in [-0.2, 0) is 11.2 Å². The van der Waals surface area contributed by atoms with Crippen LogP contribution in [0.2, 0.25) is 0 Å². The zero-order chi connectivity index (χ0) is 26.5. The van der Waals surface area contributed by atoms with Gasteiger partial charge in [-0.05, 0) is 73.9 Å². The molecule has 38 heavy (non-hydrogen) atoms. The average molecular weight is 506 g/mol. The van der Waals surface area contributed by atoms with Crippen molar-refractivity contribution < 1.29 is 14.7 Å². The second-order valence-corrected chi connectivity index (χ2v) is 10.2. The molecule has 1 unspecified atom stereocenters. The summed E-state index contributed by atoms with van der Waals surface area (Å²) in [6, 6.07) is 20.2. The third kappa shape index (κ3) is 5.24. The molecule has 1 aliphatic carbocycles. The lowest BCUT2D eigenvalue weighted by Gasteiger charge is -2.25. The molecule has 1 fully saturated rings. The predicted octanol–water partition coefficient (Wildman–Crippen LogP) is 6.33. The Morgan fingerprint density at radius 3 is 2.66 bits per heavy atom. The maximum Gasteiger partial charge on any atom is 0.303 e. The van der Waals surface area contributed by atoms with Crippen molar-refractivity contribution in [3.8, 4) is 17.3 Å². The second-order valence-electron chi connectivity index (χ2n) is 10.2. The molecule has 1 amide bonds. The van der Waals surface area contributed by atoms with Crippen LogP contribution >= 0.6 is 0 Å². The van der Waals surface area contributed by atoms with E-state index in [0.29, 0.717) is 37.9 Å². The predicted molar refractivity (Wildman–Crippen MR) is 147 cm³/mol. The van der Waals surface area contributed by atoms with Gasteiger partial charge in [0.05, 0.1) is 17.3 Å². The fourth-order valence-corrected chi connectivity index (χ4v) is 5.51. The Kier molecular flexibility index (Phi) is 7.37. The molecule has 2 aliphatic rings. The van der Waals surface area contributed by atoms with Crippen molar-refractivity contribution in [2.75, 3.05) is 13.1 Å². The van der Waals surface area contributed by atoms with E-state index >= 15 is 0 Å². The number of carboxylic acids is 1. The molecule has 0 saturated carbocycles. The number of benzene rings is 2. The number of nitrogens with zero attached hydrogens (tertiary/aromatic N) is 3. The third-order valence-corrected chi connectivity index (χ3v) is 7.59. The van der Waals surface area contributed by atoms with Gasteiger partial charge in [0.2, 0.25) is 0 Å².